The van der Waals surface area contributed by atoms with Gasteiger partial charge in [-0.3, -0.25) is 4.79 Å². The van der Waals surface area contributed by atoms with Crippen molar-refractivity contribution in [3.8, 4) is 0 Å². The monoisotopic (exact) mass is 399 g/mol. The number of hydrogen-bond donors (Lipinski definition) is 2. The second-order valence-electron chi connectivity index (χ2n) is 5.22. The molecule has 0 saturated carbocycles. The highest BCUT2D eigenvalue weighted by Crippen LogP contribution is 2.29. The zero-order valence-electron chi connectivity index (χ0n) is 13.7. The van der Waals surface area contributed by atoms with Gasteiger partial charge in [0.05, 0.1) is 15.7 Å². The molecule has 2 aromatic rings. The largest absolute Gasteiger partial charge is 0.338 e. The Morgan fingerprint density at radius 3 is 2.48 bits per heavy atom. The van der Waals surface area contributed by atoms with E-state index in [1.165, 1.54) is 9.78 Å². The molecule has 0 saturated heterocycles. The Labute approximate surface area is 160 Å². The lowest BCUT2D eigenvalue weighted by atomic mass is 10.3. The summed E-state index contributed by atoms with van der Waals surface area (Å²) in [6, 6.07) is 8.69. The number of rotatable bonds is 7. The molecule has 0 fully saturated rings. The topological polar surface area (TPSA) is 61.4 Å². The molecule has 2 rings (SSSR count). The first-order chi connectivity index (χ1) is 12.0. The van der Waals surface area contributed by atoms with Gasteiger partial charge in [-0.2, -0.15) is 0 Å². The van der Waals surface area contributed by atoms with Crippen LogP contribution in [0.1, 0.15) is 11.8 Å². The summed E-state index contributed by atoms with van der Waals surface area (Å²) < 4.78 is 0. The number of nitrogens with zero attached hydrogens (tertiary/aromatic N) is 1. The van der Waals surface area contributed by atoms with Crippen LogP contribution in [0.2, 0.25) is 10.0 Å². The Morgan fingerprint density at radius 2 is 1.88 bits per heavy atom. The molecular weight excluding hydrogens is 381 g/mol. The van der Waals surface area contributed by atoms with E-state index < -0.39 is 0 Å². The predicted molar refractivity (Wildman–Crippen MR) is 104 cm³/mol. The summed E-state index contributed by atoms with van der Waals surface area (Å²) in [6.45, 7) is 2.67. The SMILES string of the molecule is CCN(CC(=O)Nc1c(Cl)cccc1Cl)C(=O)NCCc1cccs1. The van der Waals surface area contributed by atoms with E-state index in [-0.39, 0.29) is 18.5 Å². The first-order valence-electron chi connectivity index (χ1n) is 7.80. The molecule has 0 aliphatic carbocycles. The smallest absolute Gasteiger partial charge is 0.317 e. The maximum absolute atomic E-state index is 12.2. The van der Waals surface area contributed by atoms with E-state index >= 15 is 0 Å². The molecule has 0 unspecified atom stereocenters. The quantitative estimate of drug-likeness (QED) is 0.729. The Bertz CT molecular complexity index is 702. The zero-order chi connectivity index (χ0) is 18.2. The van der Waals surface area contributed by atoms with Crippen LogP contribution in [0.25, 0.3) is 0 Å². The van der Waals surface area contributed by atoms with Crippen LogP contribution in [0.3, 0.4) is 0 Å². The second kappa shape index (κ2) is 9.65. The molecular formula is C17H19Cl2N3O2S. The number of hydrogen-bond acceptors (Lipinski definition) is 3. The molecule has 0 atom stereocenters. The second-order valence-corrected chi connectivity index (χ2v) is 7.07. The Balaban J connectivity index is 1.85. The number of amides is 3. The number of urea groups is 1. The highest BCUT2D eigenvalue weighted by Gasteiger charge is 2.17. The Kier molecular flexibility index (Phi) is 7.55. The minimum atomic E-state index is -0.356. The molecule has 25 heavy (non-hydrogen) atoms. The van der Waals surface area contributed by atoms with Crippen LogP contribution in [-0.4, -0.2) is 36.5 Å². The van der Waals surface area contributed by atoms with Crippen LogP contribution in [-0.2, 0) is 11.2 Å². The van der Waals surface area contributed by atoms with Crippen LogP contribution in [0, 0.1) is 0 Å². The number of anilines is 1. The van der Waals surface area contributed by atoms with Crippen molar-refractivity contribution in [2.75, 3.05) is 25.0 Å². The van der Waals surface area contributed by atoms with E-state index in [1.807, 2.05) is 24.4 Å². The summed E-state index contributed by atoms with van der Waals surface area (Å²) in [6.07, 6.45) is 0.766. The van der Waals surface area contributed by atoms with Gasteiger partial charge in [0.1, 0.15) is 6.54 Å². The maximum atomic E-state index is 12.2. The first kappa shape index (κ1) is 19.6. The fourth-order valence-electron chi connectivity index (χ4n) is 2.16. The van der Waals surface area contributed by atoms with Crippen molar-refractivity contribution >= 4 is 52.2 Å². The van der Waals surface area contributed by atoms with Crippen LogP contribution in [0.15, 0.2) is 35.7 Å². The standard InChI is InChI=1S/C17H19Cl2N3O2S/c1-2-22(17(24)20-9-8-12-5-4-10-25-12)11-15(23)21-16-13(18)6-3-7-14(16)19/h3-7,10H,2,8-9,11H2,1H3,(H,20,24)(H,21,23). The van der Waals surface area contributed by atoms with Crippen molar-refractivity contribution in [2.45, 2.75) is 13.3 Å². The number of thiophene rings is 1. The number of para-hydroxylation sites is 1. The lowest BCUT2D eigenvalue weighted by molar-refractivity contribution is -0.116. The molecule has 1 aromatic heterocycles. The molecule has 0 spiro atoms. The Morgan fingerprint density at radius 1 is 1.16 bits per heavy atom. The summed E-state index contributed by atoms with van der Waals surface area (Å²) in [5.74, 6) is -0.356. The molecule has 3 amide bonds. The van der Waals surface area contributed by atoms with Crippen molar-refractivity contribution in [3.63, 3.8) is 0 Å². The molecule has 134 valence electrons. The third kappa shape index (κ3) is 5.92. The predicted octanol–water partition coefficient (Wildman–Crippen LogP) is 4.27. The van der Waals surface area contributed by atoms with E-state index in [9.17, 15) is 9.59 Å². The van der Waals surface area contributed by atoms with Gasteiger partial charge in [0.15, 0.2) is 0 Å². The van der Waals surface area contributed by atoms with Gasteiger partial charge in [-0.25, -0.2) is 4.79 Å². The summed E-state index contributed by atoms with van der Waals surface area (Å²) in [5.41, 5.74) is 0.352. The highest BCUT2D eigenvalue weighted by molar-refractivity contribution is 7.09. The van der Waals surface area contributed by atoms with Crippen molar-refractivity contribution in [3.05, 3.63) is 50.6 Å². The summed E-state index contributed by atoms with van der Waals surface area (Å²) in [5, 5.41) is 8.18. The van der Waals surface area contributed by atoms with E-state index in [0.29, 0.717) is 28.8 Å². The van der Waals surface area contributed by atoms with Gasteiger partial charge < -0.3 is 15.5 Å². The molecule has 0 aliphatic rings. The molecule has 1 heterocycles. The van der Waals surface area contributed by atoms with Crippen molar-refractivity contribution < 1.29 is 9.59 Å². The summed E-state index contributed by atoms with van der Waals surface area (Å²) in [7, 11) is 0. The van der Waals surface area contributed by atoms with Crippen LogP contribution >= 0.6 is 34.5 Å². The van der Waals surface area contributed by atoms with E-state index in [4.69, 9.17) is 23.2 Å². The highest BCUT2D eigenvalue weighted by atomic mass is 35.5. The van der Waals surface area contributed by atoms with Gasteiger partial charge >= 0.3 is 6.03 Å². The maximum Gasteiger partial charge on any atom is 0.317 e. The lowest BCUT2D eigenvalue weighted by Crippen LogP contribution is -2.44. The molecule has 8 heteroatoms. The number of benzene rings is 1. The van der Waals surface area contributed by atoms with Crippen molar-refractivity contribution in [1.29, 1.82) is 0 Å². The van der Waals surface area contributed by atoms with E-state index in [1.54, 1.807) is 29.5 Å². The van der Waals surface area contributed by atoms with Crippen LogP contribution in [0.4, 0.5) is 10.5 Å². The summed E-state index contributed by atoms with van der Waals surface area (Å²) in [4.78, 5) is 27.0. The normalized spacial score (nSPS) is 10.4. The first-order valence-corrected chi connectivity index (χ1v) is 9.43. The zero-order valence-corrected chi connectivity index (χ0v) is 16.0. The minimum absolute atomic E-state index is 0.0805. The number of carbonyl (C=O) groups excluding carboxylic acids is 2. The Hall–Kier alpha value is -1.76. The average molecular weight is 400 g/mol. The van der Waals surface area contributed by atoms with Gasteiger partial charge in [-0.05, 0) is 36.9 Å². The molecule has 1 aromatic carbocycles. The molecule has 2 N–H and O–H groups in total. The average Bonchev–Trinajstić information content (AvgIpc) is 3.09. The molecule has 0 bridgehead atoms. The molecule has 0 aliphatic heterocycles. The fraction of sp³-hybridized carbons (Fsp3) is 0.294. The number of nitrogens with one attached hydrogen (secondary N) is 2. The number of halogens is 2. The van der Waals surface area contributed by atoms with Crippen LogP contribution in [0.5, 0.6) is 0 Å². The van der Waals surface area contributed by atoms with E-state index in [2.05, 4.69) is 10.6 Å². The minimum Gasteiger partial charge on any atom is -0.338 e. The van der Waals surface area contributed by atoms with Gasteiger partial charge in [-0.1, -0.05) is 35.3 Å². The van der Waals surface area contributed by atoms with Crippen LogP contribution < -0.4 is 10.6 Å². The van der Waals surface area contributed by atoms with Gasteiger partial charge in [0.2, 0.25) is 5.91 Å². The molecule has 0 radical (unpaired) electrons. The van der Waals surface area contributed by atoms with Gasteiger partial charge in [0.25, 0.3) is 0 Å². The van der Waals surface area contributed by atoms with Crippen molar-refractivity contribution in [1.82, 2.24) is 10.2 Å². The van der Waals surface area contributed by atoms with E-state index in [0.717, 1.165) is 6.42 Å². The molecule has 5 nitrogen and oxygen atoms in total. The van der Waals surface area contributed by atoms with Crippen molar-refractivity contribution in [2.24, 2.45) is 0 Å². The third-order valence-electron chi connectivity index (χ3n) is 3.46. The number of likely N-dealkylation sites (N-methyl/N-ethyl adjacent to an activating group) is 1. The summed E-state index contributed by atoms with van der Waals surface area (Å²) >= 11 is 13.7. The van der Waals surface area contributed by atoms with Gasteiger partial charge in [-0.15, -0.1) is 11.3 Å². The number of carbonyl (C=O) groups is 2. The third-order valence-corrected chi connectivity index (χ3v) is 5.02. The van der Waals surface area contributed by atoms with Gasteiger partial charge in [0, 0.05) is 18.0 Å². The lowest BCUT2D eigenvalue weighted by Gasteiger charge is -2.21. The fourth-order valence-corrected chi connectivity index (χ4v) is 3.36.